The fourth-order valence-corrected chi connectivity index (χ4v) is 3.14. The summed E-state index contributed by atoms with van der Waals surface area (Å²) in [6.07, 6.45) is 3.33. The molecule has 5 heteroatoms. The van der Waals surface area contributed by atoms with Gasteiger partial charge >= 0.3 is 0 Å². The summed E-state index contributed by atoms with van der Waals surface area (Å²) in [4.78, 5) is 14.5. The first-order chi connectivity index (χ1) is 10.5. The molecule has 0 spiro atoms. The normalized spacial score (nSPS) is 16.6. The third-order valence-corrected chi connectivity index (χ3v) is 4.60. The first kappa shape index (κ1) is 14.8. The summed E-state index contributed by atoms with van der Waals surface area (Å²) in [6.45, 7) is 2.54. The van der Waals surface area contributed by atoms with Crippen molar-refractivity contribution >= 4 is 5.91 Å². The lowest BCUT2D eigenvalue weighted by Crippen LogP contribution is -2.30. The van der Waals surface area contributed by atoms with Gasteiger partial charge in [0.05, 0.1) is 12.1 Å². The highest BCUT2D eigenvalue weighted by Gasteiger charge is 2.31. The Kier molecular flexibility index (Phi) is 3.72. The number of amides is 1. The van der Waals surface area contributed by atoms with Gasteiger partial charge in [-0.1, -0.05) is 6.07 Å². The topological polar surface area (TPSA) is 38.1 Å². The SMILES string of the molecule is Cc1c(CN(C)C(=O)C2CCc3cc(F)ccc32)cnn1C. The third-order valence-electron chi connectivity index (χ3n) is 4.60. The van der Waals surface area contributed by atoms with E-state index in [-0.39, 0.29) is 17.6 Å². The van der Waals surface area contributed by atoms with Crippen molar-refractivity contribution in [3.8, 4) is 0 Å². The maximum absolute atomic E-state index is 13.3. The zero-order valence-corrected chi connectivity index (χ0v) is 13.1. The van der Waals surface area contributed by atoms with E-state index in [2.05, 4.69) is 5.10 Å². The van der Waals surface area contributed by atoms with Gasteiger partial charge in [0.25, 0.3) is 0 Å². The van der Waals surface area contributed by atoms with E-state index in [0.717, 1.165) is 35.2 Å². The first-order valence-electron chi connectivity index (χ1n) is 7.48. The second-order valence-electron chi connectivity index (χ2n) is 6.01. The molecule has 116 valence electrons. The van der Waals surface area contributed by atoms with Gasteiger partial charge in [0, 0.05) is 31.9 Å². The average Bonchev–Trinajstić information content (AvgIpc) is 3.04. The third kappa shape index (κ3) is 2.51. The first-order valence-corrected chi connectivity index (χ1v) is 7.48. The number of carbonyl (C=O) groups excluding carboxylic acids is 1. The van der Waals surface area contributed by atoms with E-state index in [0.29, 0.717) is 6.54 Å². The molecule has 1 atom stereocenters. The van der Waals surface area contributed by atoms with E-state index in [1.165, 1.54) is 6.07 Å². The van der Waals surface area contributed by atoms with Crippen LogP contribution in [0.1, 0.15) is 34.7 Å². The molecule has 1 unspecified atom stereocenters. The van der Waals surface area contributed by atoms with Crippen LogP contribution in [0.3, 0.4) is 0 Å². The zero-order valence-electron chi connectivity index (χ0n) is 13.1. The molecule has 1 aliphatic rings. The van der Waals surface area contributed by atoms with E-state index < -0.39 is 0 Å². The second-order valence-corrected chi connectivity index (χ2v) is 6.01. The molecule has 0 saturated heterocycles. The minimum Gasteiger partial charge on any atom is -0.341 e. The van der Waals surface area contributed by atoms with Crippen LogP contribution in [0.5, 0.6) is 0 Å². The van der Waals surface area contributed by atoms with Crippen molar-refractivity contribution in [3.63, 3.8) is 0 Å². The fourth-order valence-electron chi connectivity index (χ4n) is 3.14. The minimum absolute atomic E-state index is 0.0913. The quantitative estimate of drug-likeness (QED) is 0.874. The van der Waals surface area contributed by atoms with Gasteiger partial charge in [0.2, 0.25) is 5.91 Å². The summed E-state index contributed by atoms with van der Waals surface area (Å²) < 4.78 is 15.1. The van der Waals surface area contributed by atoms with E-state index in [1.807, 2.05) is 21.0 Å². The molecule has 0 saturated carbocycles. The smallest absolute Gasteiger partial charge is 0.230 e. The van der Waals surface area contributed by atoms with Gasteiger partial charge in [0.1, 0.15) is 5.82 Å². The lowest BCUT2D eigenvalue weighted by atomic mass is 9.99. The number of hydrogen-bond acceptors (Lipinski definition) is 2. The second kappa shape index (κ2) is 5.55. The molecule has 22 heavy (non-hydrogen) atoms. The van der Waals surface area contributed by atoms with Crippen molar-refractivity contribution in [2.24, 2.45) is 7.05 Å². The van der Waals surface area contributed by atoms with Crippen LogP contribution in [0.4, 0.5) is 4.39 Å². The molecule has 3 rings (SSSR count). The van der Waals surface area contributed by atoms with Gasteiger partial charge in [0.15, 0.2) is 0 Å². The lowest BCUT2D eigenvalue weighted by Gasteiger charge is -2.21. The van der Waals surface area contributed by atoms with Crippen molar-refractivity contribution in [1.29, 1.82) is 0 Å². The maximum atomic E-state index is 13.3. The van der Waals surface area contributed by atoms with Crippen molar-refractivity contribution in [1.82, 2.24) is 14.7 Å². The molecule has 1 aliphatic carbocycles. The molecule has 1 amide bonds. The number of carbonyl (C=O) groups is 1. The lowest BCUT2D eigenvalue weighted by molar-refractivity contribution is -0.132. The van der Waals surface area contributed by atoms with Crippen molar-refractivity contribution < 1.29 is 9.18 Å². The highest BCUT2D eigenvalue weighted by Crippen LogP contribution is 2.34. The molecule has 4 nitrogen and oxygen atoms in total. The molecule has 0 radical (unpaired) electrons. The van der Waals surface area contributed by atoms with Gasteiger partial charge in [-0.3, -0.25) is 9.48 Å². The number of rotatable bonds is 3. The van der Waals surface area contributed by atoms with E-state index in [1.54, 1.807) is 27.9 Å². The number of hydrogen-bond donors (Lipinski definition) is 0. The molecule has 2 aromatic rings. The highest BCUT2D eigenvalue weighted by molar-refractivity contribution is 5.84. The van der Waals surface area contributed by atoms with Crippen LogP contribution in [0.15, 0.2) is 24.4 Å². The Labute approximate surface area is 129 Å². The van der Waals surface area contributed by atoms with Gasteiger partial charge < -0.3 is 4.90 Å². The summed E-state index contributed by atoms with van der Waals surface area (Å²) in [6, 6.07) is 4.74. The van der Waals surface area contributed by atoms with Gasteiger partial charge in [-0.05, 0) is 43.0 Å². The Hall–Kier alpha value is -2.17. The Morgan fingerprint density at radius 1 is 1.50 bits per heavy atom. The van der Waals surface area contributed by atoms with E-state index in [4.69, 9.17) is 0 Å². The van der Waals surface area contributed by atoms with Crippen LogP contribution >= 0.6 is 0 Å². The molecular formula is C17H20FN3O. The average molecular weight is 301 g/mol. The molecule has 0 aliphatic heterocycles. The molecule has 0 bridgehead atoms. The molecule has 1 aromatic heterocycles. The predicted molar refractivity (Wildman–Crippen MR) is 81.9 cm³/mol. The Balaban J connectivity index is 1.76. The van der Waals surface area contributed by atoms with Crippen LogP contribution in [-0.2, 0) is 24.8 Å². The van der Waals surface area contributed by atoms with E-state index in [9.17, 15) is 9.18 Å². The van der Waals surface area contributed by atoms with Crippen molar-refractivity contribution in [2.45, 2.75) is 32.2 Å². The number of nitrogens with zero attached hydrogens (tertiary/aromatic N) is 3. The predicted octanol–water partition coefficient (Wildman–Crippen LogP) is 2.56. The summed E-state index contributed by atoms with van der Waals surface area (Å²) in [7, 11) is 3.71. The monoisotopic (exact) mass is 301 g/mol. The Bertz CT molecular complexity index is 723. The van der Waals surface area contributed by atoms with Crippen LogP contribution in [0.25, 0.3) is 0 Å². The van der Waals surface area contributed by atoms with Gasteiger partial charge in [-0.15, -0.1) is 0 Å². The summed E-state index contributed by atoms with van der Waals surface area (Å²) in [5.41, 5.74) is 4.05. The van der Waals surface area contributed by atoms with Gasteiger partial charge in [-0.2, -0.15) is 5.10 Å². The Morgan fingerprint density at radius 3 is 2.95 bits per heavy atom. The number of fused-ring (bicyclic) bond motifs is 1. The standard InChI is InChI=1S/C17H20FN3O/c1-11-13(9-19-21(11)3)10-20(2)17(22)16-6-4-12-8-14(18)5-7-15(12)16/h5,7-9,16H,4,6,10H2,1-3H3. The van der Waals surface area contributed by atoms with Gasteiger partial charge in [-0.25, -0.2) is 4.39 Å². The van der Waals surface area contributed by atoms with Crippen molar-refractivity contribution in [2.75, 3.05) is 7.05 Å². The molecule has 1 aromatic carbocycles. The van der Waals surface area contributed by atoms with Crippen LogP contribution in [-0.4, -0.2) is 27.6 Å². The largest absolute Gasteiger partial charge is 0.341 e. The zero-order chi connectivity index (χ0) is 15.9. The number of likely N-dealkylation sites (N-methyl/N-ethyl adjacent to an activating group) is 1. The summed E-state index contributed by atoms with van der Waals surface area (Å²) in [5, 5.41) is 4.21. The minimum atomic E-state index is -0.230. The Morgan fingerprint density at radius 2 is 2.27 bits per heavy atom. The number of benzene rings is 1. The maximum Gasteiger partial charge on any atom is 0.230 e. The number of aryl methyl sites for hydroxylation is 2. The number of halogens is 1. The highest BCUT2D eigenvalue weighted by atomic mass is 19.1. The van der Waals surface area contributed by atoms with Crippen LogP contribution in [0, 0.1) is 12.7 Å². The van der Waals surface area contributed by atoms with E-state index >= 15 is 0 Å². The van der Waals surface area contributed by atoms with Crippen LogP contribution < -0.4 is 0 Å². The fraction of sp³-hybridized carbons (Fsp3) is 0.412. The molecule has 0 fully saturated rings. The van der Waals surface area contributed by atoms with Crippen molar-refractivity contribution in [3.05, 3.63) is 52.6 Å². The molecule has 1 heterocycles. The molecule has 0 N–H and O–H groups in total. The summed E-state index contributed by atoms with van der Waals surface area (Å²) >= 11 is 0. The molecular weight excluding hydrogens is 281 g/mol. The number of aromatic nitrogens is 2. The summed E-state index contributed by atoms with van der Waals surface area (Å²) in [5.74, 6) is -0.294. The van der Waals surface area contributed by atoms with Crippen LogP contribution in [0.2, 0.25) is 0 Å².